The molecule has 2 aromatic carbocycles. The van der Waals surface area contributed by atoms with E-state index in [1.165, 1.54) is 18.2 Å². The number of carbonyl (C=O) groups excluding carboxylic acids is 2. The van der Waals surface area contributed by atoms with Crippen molar-refractivity contribution in [3.8, 4) is 0 Å². The molecule has 2 aliphatic rings. The molecule has 1 spiro atoms. The third kappa shape index (κ3) is 5.50. The smallest absolute Gasteiger partial charge is 0.253 e. The van der Waals surface area contributed by atoms with Gasteiger partial charge in [0.1, 0.15) is 11.9 Å². The van der Waals surface area contributed by atoms with Crippen LogP contribution in [0, 0.1) is 17.2 Å². The summed E-state index contributed by atoms with van der Waals surface area (Å²) in [5.41, 5.74) is 1.46. The van der Waals surface area contributed by atoms with Crippen LogP contribution in [0.25, 0.3) is 0 Å². The van der Waals surface area contributed by atoms with Crippen LogP contribution in [0.1, 0.15) is 48.5 Å². The topological polar surface area (TPSA) is 52.7 Å². The lowest BCUT2D eigenvalue weighted by molar-refractivity contribution is -0.136. The van der Waals surface area contributed by atoms with E-state index in [-0.39, 0.29) is 28.6 Å². The van der Waals surface area contributed by atoms with E-state index in [0.29, 0.717) is 29.1 Å². The average molecular weight is 520 g/mol. The van der Waals surface area contributed by atoms with Crippen molar-refractivity contribution in [3.05, 3.63) is 69.5 Å². The van der Waals surface area contributed by atoms with Crippen LogP contribution in [-0.4, -0.2) is 60.9 Å². The maximum absolute atomic E-state index is 13.5. The number of rotatable bonds is 5. The number of likely N-dealkylation sites (N-methyl/N-ethyl adjacent to an activating group) is 1. The van der Waals surface area contributed by atoms with Gasteiger partial charge in [-0.3, -0.25) is 9.59 Å². The van der Waals surface area contributed by atoms with E-state index in [4.69, 9.17) is 23.2 Å². The molecule has 2 aromatic rings. The van der Waals surface area contributed by atoms with Gasteiger partial charge in [0.25, 0.3) is 5.91 Å². The van der Waals surface area contributed by atoms with Gasteiger partial charge in [-0.05, 0) is 67.1 Å². The zero-order valence-electron chi connectivity index (χ0n) is 20.4. The number of amides is 2. The number of piperidine rings is 1. The minimum atomic E-state index is -0.661. The van der Waals surface area contributed by atoms with Crippen molar-refractivity contribution in [2.75, 3.05) is 33.2 Å². The predicted octanol–water partition coefficient (Wildman–Crippen LogP) is 5.22. The van der Waals surface area contributed by atoms with E-state index in [1.54, 1.807) is 12.1 Å². The summed E-state index contributed by atoms with van der Waals surface area (Å²) < 4.78 is 13.5. The van der Waals surface area contributed by atoms with Crippen molar-refractivity contribution >= 4 is 35.0 Å². The number of benzene rings is 2. The Labute approximate surface area is 216 Å². The fraction of sp³-hybridized carbons (Fsp3) is 0.481. The Morgan fingerprint density at radius 2 is 1.74 bits per heavy atom. The highest BCUT2D eigenvalue weighted by Gasteiger charge is 2.48. The number of carbonyl (C=O) groups is 2. The van der Waals surface area contributed by atoms with Crippen LogP contribution in [0.4, 0.5) is 4.39 Å². The fourth-order valence-corrected chi connectivity index (χ4v) is 6.03. The van der Waals surface area contributed by atoms with Crippen LogP contribution in [0.5, 0.6) is 0 Å². The molecule has 2 saturated heterocycles. The highest BCUT2D eigenvalue weighted by molar-refractivity contribution is 6.35. The maximum atomic E-state index is 13.5. The van der Waals surface area contributed by atoms with Crippen molar-refractivity contribution in [1.82, 2.24) is 15.1 Å². The van der Waals surface area contributed by atoms with Gasteiger partial charge in [0, 0.05) is 37.1 Å². The van der Waals surface area contributed by atoms with Crippen molar-refractivity contribution in [2.45, 2.75) is 38.6 Å². The van der Waals surface area contributed by atoms with Crippen molar-refractivity contribution in [2.24, 2.45) is 11.3 Å². The summed E-state index contributed by atoms with van der Waals surface area (Å²) in [5, 5.41) is 3.59. The van der Waals surface area contributed by atoms with Gasteiger partial charge in [0.05, 0.1) is 10.6 Å². The van der Waals surface area contributed by atoms with Gasteiger partial charge in [0.2, 0.25) is 5.91 Å². The molecule has 2 fully saturated rings. The van der Waals surface area contributed by atoms with Gasteiger partial charge in [-0.2, -0.15) is 0 Å². The first-order chi connectivity index (χ1) is 16.6. The molecule has 0 aliphatic carbocycles. The molecule has 1 N–H and O–H groups in total. The van der Waals surface area contributed by atoms with E-state index in [2.05, 4.69) is 17.3 Å². The first-order valence-electron chi connectivity index (χ1n) is 12.1. The third-order valence-corrected chi connectivity index (χ3v) is 8.12. The van der Waals surface area contributed by atoms with Gasteiger partial charge in [0.15, 0.2) is 0 Å². The van der Waals surface area contributed by atoms with Crippen LogP contribution >= 0.6 is 23.2 Å². The molecule has 0 aromatic heterocycles. The molecule has 2 heterocycles. The Morgan fingerprint density at radius 1 is 1.09 bits per heavy atom. The summed E-state index contributed by atoms with van der Waals surface area (Å²) in [4.78, 5) is 30.6. The van der Waals surface area contributed by atoms with Crippen molar-refractivity contribution < 1.29 is 14.0 Å². The summed E-state index contributed by atoms with van der Waals surface area (Å²) in [7, 11) is 2.12. The zero-order chi connectivity index (χ0) is 25.3. The van der Waals surface area contributed by atoms with Crippen LogP contribution in [0.15, 0.2) is 42.5 Å². The molecule has 8 heteroatoms. The molecule has 188 valence electrons. The molecule has 5 nitrogen and oxygen atoms in total. The van der Waals surface area contributed by atoms with Crippen LogP contribution < -0.4 is 5.32 Å². The SMILES string of the molecule is CC(C)[C@@H](NC(=O)c1cc(Cl)ccc1Cl)C(=O)N1CCC2(CC1)CN(C)CC2c1ccc(F)cc1. The van der Waals surface area contributed by atoms with E-state index in [9.17, 15) is 14.0 Å². The molecule has 0 bridgehead atoms. The lowest BCUT2D eigenvalue weighted by Gasteiger charge is -2.44. The molecular weight excluding hydrogens is 488 g/mol. The van der Waals surface area contributed by atoms with E-state index >= 15 is 0 Å². The zero-order valence-corrected chi connectivity index (χ0v) is 21.9. The molecule has 2 amide bonds. The lowest BCUT2D eigenvalue weighted by Crippen LogP contribution is -2.54. The molecule has 2 atom stereocenters. The number of halogens is 3. The Hall–Kier alpha value is -2.15. The Kier molecular flexibility index (Phi) is 7.74. The van der Waals surface area contributed by atoms with E-state index < -0.39 is 11.9 Å². The van der Waals surface area contributed by atoms with Gasteiger partial charge in [-0.1, -0.05) is 49.2 Å². The molecule has 2 aliphatic heterocycles. The fourth-order valence-electron chi connectivity index (χ4n) is 5.65. The predicted molar refractivity (Wildman–Crippen MR) is 137 cm³/mol. The van der Waals surface area contributed by atoms with Crippen LogP contribution in [-0.2, 0) is 4.79 Å². The molecule has 4 rings (SSSR count). The minimum absolute atomic E-state index is 0.0498. The third-order valence-electron chi connectivity index (χ3n) is 7.55. The van der Waals surface area contributed by atoms with Gasteiger partial charge < -0.3 is 15.1 Å². The molecule has 1 unspecified atom stereocenters. The Balaban J connectivity index is 1.46. The van der Waals surface area contributed by atoms with E-state index in [1.807, 2.05) is 30.9 Å². The number of likely N-dealkylation sites (tertiary alicyclic amines) is 2. The van der Waals surface area contributed by atoms with Gasteiger partial charge >= 0.3 is 0 Å². The monoisotopic (exact) mass is 519 g/mol. The summed E-state index contributed by atoms with van der Waals surface area (Å²) in [5.74, 6) is -0.506. The minimum Gasteiger partial charge on any atom is -0.341 e. The lowest BCUT2D eigenvalue weighted by atomic mass is 9.68. The standard InChI is InChI=1S/C27H32Cl2FN3O2/c1-17(2)24(31-25(34)21-14-19(28)6-9-23(21)29)26(35)33-12-10-27(11-13-33)16-32(3)15-22(27)18-4-7-20(30)8-5-18/h4-9,14,17,22,24H,10-13,15-16H2,1-3H3,(H,31,34)/t22?,24-/m1/s1. The first kappa shape index (κ1) is 25.9. The second-order valence-electron chi connectivity index (χ2n) is 10.3. The molecule has 0 saturated carbocycles. The molecule has 35 heavy (non-hydrogen) atoms. The van der Waals surface area contributed by atoms with Gasteiger partial charge in [-0.25, -0.2) is 4.39 Å². The quantitative estimate of drug-likeness (QED) is 0.588. The summed E-state index contributed by atoms with van der Waals surface area (Å²) in [6.07, 6.45) is 1.73. The molecule has 0 radical (unpaired) electrons. The normalized spacial score (nSPS) is 20.9. The second-order valence-corrected chi connectivity index (χ2v) is 11.2. The van der Waals surface area contributed by atoms with Crippen molar-refractivity contribution in [1.29, 1.82) is 0 Å². The summed E-state index contributed by atoms with van der Waals surface area (Å²) in [6.45, 7) is 6.97. The number of nitrogens with zero attached hydrogens (tertiary/aromatic N) is 2. The van der Waals surface area contributed by atoms with E-state index in [0.717, 1.165) is 31.5 Å². The summed E-state index contributed by atoms with van der Waals surface area (Å²) in [6, 6.07) is 10.9. The maximum Gasteiger partial charge on any atom is 0.253 e. The Bertz CT molecular complexity index is 1080. The van der Waals surface area contributed by atoms with Crippen LogP contribution in [0.3, 0.4) is 0 Å². The first-order valence-corrected chi connectivity index (χ1v) is 12.8. The van der Waals surface area contributed by atoms with Gasteiger partial charge in [-0.15, -0.1) is 0 Å². The van der Waals surface area contributed by atoms with Crippen molar-refractivity contribution in [3.63, 3.8) is 0 Å². The highest BCUT2D eigenvalue weighted by atomic mass is 35.5. The second kappa shape index (κ2) is 10.5. The number of hydrogen-bond donors (Lipinski definition) is 1. The summed E-state index contributed by atoms with van der Waals surface area (Å²) >= 11 is 12.2. The Morgan fingerprint density at radius 3 is 2.37 bits per heavy atom. The molecular formula is C27H32Cl2FN3O2. The average Bonchev–Trinajstić information content (AvgIpc) is 3.14. The largest absolute Gasteiger partial charge is 0.341 e. The number of nitrogens with one attached hydrogen (secondary N) is 1. The highest BCUT2D eigenvalue weighted by Crippen LogP contribution is 2.49. The number of hydrogen-bond acceptors (Lipinski definition) is 3. The van der Waals surface area contributed by atoms with Crippen LogP contribution in [0.2, 0.25) is 10.0 Å².